The number of amides is 1. The van der Waals surface area contributed by atoms with E-state index in [1.807, 2.05) is 0 Å². The van der Waals surface area contributed by atoms with E-state index < -0.39 is 73.2 Å². The van der Waals surface area contributed by atoms with Crippen LogP contribution in [0.15, 0.2) is 0 Å². The molecule has 29 heavy (non-hydrogen) atoms. The van der Waals surface area contributed by atoms with Crippen molar-refractivity contribution in [1.29, 1.82) is 0 Å². The van der Waals surface area contributed by atoms with Gasteiger partial charge in [0.25, 0.3) is 0 Å². The normalized spacial score (nSPS) is 31.5. The number of carbonyl (C=O) groups is 3. The summed E-state index contributed by atoms with van der Waals surface area (Å²) < 4.78 is 47.6. The van der Waals surface area contributed by atoms with Crippen molar-refractivity contribution in [2.75, 3.05) is 13.7 Å². The Morgan fingerprint density at radius 3 is 2.38 bits per heavy atom. The Kier molecular flexibility index (Phi) is 8.68. The highest BCUT2D eigenvalue weighted by Crippen LogP contribution is 2.35. The van der Waals surface area contributed by atoms with Gasteiger partial charge in [-0.3, -0.25) is 4.79 Å². The molecule has 1 rings (SSSR count). The molecule has 0 bridgehead atoms. The predicted octanol–water partition coefficient (Wildman–Crippen LogP) is -1.32. The number of halogens is 2. The molecule has 5 N–H and O–H groups in total. The van der Waals surface area contributed by atoms with Gasteiger partial charge in [0.1, 0.15) is 24.9 Å². The first-order chi connectivity index (χ1) is 13.3. The summed E-state index contributed by atoms with van der Waals surface area (Å²) in [6.07, 6.45) is -10.3. The standard InChI is InChI=1S/C16H26F2N2O9/c1-6(2)28-15(25)27-5-8(22)11(23)12-10(20-7(3)21)9(19)13(17)16(18,29-12)14(24)26-4/h6,8-13,22-23H,5,19H2,1-4H3,(H,20,21)/t8-,9-,10-,11-,12-,13-,16-/m1/s1. The molecule has 0 aromatic heterocycles. The minimum Gasteiger partial charge on any atom is -0.465 e. The van der Waals surface area contributed by atoms with Crippen molar-refractivity contribution < 1.29 is 52.3 Å². The summed E-state index contributed by atoms with van der Waals surface area (Å²) in [5.74, 6) is -6.19. The quantitative estimate of drug-likeness (QED) is 0.357. The highest BCUT2D eigenvalue weighted by atomic mass is 19.2. The fourth-order valence-corrected chi connectivity index (χ4v) is 2.68. The third-order valence-electron chi connectivity index (χ3n) is 4.04. The van der Waals surface area contributed by atoms with Crippen LogP contribution in [0.5, 0.6) is 0 Å². The third kappa shape index (κ3) is 5.95. The summed E-state index contributed by atoms with van der Waals surface area (Å²) in [6.45, 7) is 3.32. The van der Waals surface area contributed by atoms with E-state index in [0.29, 0.717) is 0 Å². The van der Waals surface area contributed by atoms with Gasteiger partial charge in [0.15, 0.2) is 6.17 Å². The Hall–Kier alpha value is -2.09. The zero-order valence-electron chi connectivity index (χ0n) is 16.3. The van der Waals surface area contributed by atoms with E-state index in [0.717, 1.165) is 14.0 Å². The zero-order chi connectivity index (χ0) is 22.5. The van der Waals surface area contributed by atoms with Gasteiger partial charge in [-0.1, -0.05) is 0 Å². The second-order valence-electron chi connectivity index (χ2n) is 6.71. The van der Waals surface area contributed by atoms with Crippen molar-refractivity contribution in [1.82, 2.24) is 5.32 Å². The first-order valence-electron chi connectivity index (χ1n) is 8.66. The van der Waals surface area contributed by atoms with Crippen LogP contribution in [0.1, 0.15) is 20.8 Å². The molecule has 1 fully saturated rings. The number of methoxy groups -OCH3 is 1. The summed E-state index contributed by atoms with van der Waals surface area (Å²) >= 11 is 0. The lowest BCUT2D eigenvalue weighted by molar-refractivity contribution is -0.277. The van der Waals surface area contributed by atoms with Crippen molar-refractivity contribution >= 4 is 18.0 Å². The van der Waals surface area contributed by atoms with Gasteiger partial charge in [-0.25, -0.2) is 14.0 Å². The van der Waals surface area contributed by atoms with Crippen LogP contribution >= 0.6 is 0 Å². The zero-order valence-corrected chi connectivity index (χ0v) is 16.3. The number of esters is 1. The summed E-state index contributed by atoms with van der Waals surface area (Å²) in [7, 11) is 0.777. The molecule has 1 saturated heterocycles. The van der Waals surface area contributed by atoms with Crippen LogP contribution in [0, 0.1) is 0 Å². The Morgan fingerprint density at radius 1 is 1.31 bits per heavy atom. The third-order valence-corrected chi connectivity index (χ3v) is 4.04. The SMILES string of the molecule is COC(=O)[C@]1(F)O[C@@H]([C@H](O)[C@H](O)COC(=O)OC(C)C)[C@H](NC(C)=O)[C@@H](N)[C@H]1F. The number of carbonyl (C=O) groups excluding carboxylic acids is 3. The fraction of sp³-hybridized carbons (Fsp3) is 0.812. The second kappa shape index (κ2) is 10.1. The van der Waals surface area contributed by atoms with E-state index in [1.54, 1.807) is 13.8 Å². The van der Waals surface area contributed by atoms with Crippen LogP contribution in [0.2, 0.25) is 0 Å². The molecule has 13 heteroatoms. The average molecular weight is 428 g/mol. The number of nitrogens with one attached hydrogen (secondary N) is 1. The number of hydrogen-bond acceptors (Lipinski definition) is 10. The Morgan fingerprint density at radius 2 is 1.90 bits per heavy atom. The van der Waals surface area contributed by atoms with Crippen LogP contribution in [-0.2, 0) is 28.5 Å². The Labute approximate surface area is 165 Å². The van der Waals surface area contributed by atoms with Crippen LogP contribution < -0.4 is 11.1 Å². The summed E-state index contributed by atoms with van der Waals surface area (Å²) in [6, 6.07) is -3.39. The molecular weight excluding hydrogens is 402 g/mol. The molecule has 168 valence electrons. The number of aliphatic hydroxyl groups is 2. The lowest BCUT2D eigenvalue weighted by atomic mass is 9.86. The molecular formula is C16H26F2N2O9. The molecule has 1 amide bonds. The number of alkyl halides is 2. The average Bonchev–Trinajstić information content (AvgIpc) is 2.64. The molecule has 11 nitrogen and oxygen atoms in total. The molecule has 0 spiro atoms. The molecule has 0 aliphatic carbocycles. The largest absolute Gasteiger partial charge is 0.508 e. The van der Waals surface area contributed by atoms with Crippen molar-refractivity contribution in [3.63, 3.8) is 0 Å². The highest BCUT2D eigenvalue weighted by Gasteiger charge is 2.62. The van der Waals surface area contributed by atoms with Gasteiger partial charge < -0.3 is 40.2 Å². The van der Waals surface area contributed by atoms with Gasteiger partial charge in [0, 0.05) is 6.92 Å². The highest BCUT2D eigenvalue weighted by molar-refractivity contribution is 5.79. The number of hydrogen-bond donors (Lipinski definition) is 4. The molecule has 0 radical (unpaired) electrons. The van der Waals surface area contributed by atoms with Crippen LogP contribution in [0.4, 0.5) is 13.6 Å². The van der Waals surface area contributed by atoms with Crippen molar-refractivity contribution in [2.45, 2.75) is 69.3 Å². The Balaban J connectivity index is 3.04. The van der Waals surface area contributed by atoms with E-state index in [4.69, 9.17) is 10.5 Å². The van der Waals surface area contributed by atoms with E-state index in [-0.39, 0.29) is 0 Å². The second-order valence-corrected chi connectivity index (χ2v) is 6.71. The lowest BCUT2D eigenvalue weighted by Gasteiger charge is -2.46. The van der Waals surface area contributed by atoms with Crippen molar-refractivity contribution in [2.24, 2.45) is 5.73 Å². The van der Waals surface area contributed by atoms with Crippen molar-refractivity contribution in [3.05, 3.63) is 0 Å². The number of aliphatic hydroxyl groups excluding tert-OH is 2. The molecule has 0 saturated carbocycles. The molecule has 0 unspecified atom stereocenters. The van der Waals surface area contributed by atoms with Crippen LogP contribution in [0.25, 0.3) is 0 Å². The minimum atomic E-state index is -3.70. The minimum absolute atomic E-state index is 0.512. The Bertz CT molecular complexity index is 609. The molecule has 1 aliphatic heterocycles. The molecule has 1 aliphatic rings. The van der Waals surface area contributed by atoms with Gasteiger partial charge in [-0.15, -0.1) is 0 Å². The van der Waals surface area contributed by atoms with Crippen LogP contribution in [0.3, 0.4) is 0 Å². The first-order valence-corrected chi connectivity index (χ1v) is 8.66. The predicted molar refractivity (Wildman–Crippen MR) is 90.8 cm³/mol. The summed E-state index contributed by atoms with van der Waals surface area (Å²) in [5, 5.41) is 22.6. The maximum absolute atomic E-state index is 14.9. The number of rotatable bonds is 7. The van der Waals surface area contributed by atoms with Gasteiger partial charge in [0.05, 0.1) is 25.3 Å². The summed E-state index contributed by atoms with van der Waals surface area (Å²) in [5.41, 5.74) is 5.63. The van der Waals surface area contributed by atoms with E-state index >= 15 is 0 Å². The molecule has 1 heterocycles. The maximum atomic E-state index is 14.9. The number of ether oxygens (including phenoxy) is 4. The molecule has 0 aromatic rings. The van der Waals surface area contributed by atoms with Gasteiger partial charge >= 0.3 is 18.0 Å². The maximum Gasteiger partial charge on any atom is 0.508 e. The van der Waals surface area contributed by atoms with Gasteiger partial charge in [0.2, 0.25) is 5.91 Å². The van der Waals surface area contributed by atoms with E-state index in [2.05, 4.69) is 19.5 Å². The first kappa shape index (κ1) is 24.9. The monoisotopic (exact) mass is 428 g/mol. The molecule has 7 atom stereocenters. The van der Waals surface area contributed by atoms with E-state index in [9.17, 15) is 33.4 Å². The summed E-state index contributed by atoms with van der Waals surface area (Å²) in [4.78, 5) is 34.5. The van der Waals surface area contributed by atoms with Gasteiger partial charge in [-0.2, -0.15) is 4.39 Å². The van der Waals surface area contributed by atoms with Crippen LogP contribution in [-0.4, -0.2) is 90.5 Å². The molecule has 0 aromatic carbocycles. The lowest BCUT2D eigenvalue weighted by Crippen LogP contribution is -2.73. The van der Waals surface area contributed by atoms with Crippen molar-refractivity contribution in [3.8, 4) is 0 Å². The topological polar surface area (TPSA) is 167 Å². The van der Waals surface area contributed by atoms with Gasteiger partial charge in [-0.05, 0) is 13.8 Å². The van der Waals surface area contributed by atoms with E-state index in [1.165, 1.54) is 0 Å². The fourth-order valence-electron chi connectivity index (χ4n) is 2.68. The smallest absolute Gasteiger partial charge is 0.465 e. The number of nitrogens with two attached hydrogens (primary N) is 1.